The number of thioether (sulfide) groups is 1. The van der Waals surface area contributed by atoms with Crippen LogP contribution in [0.5, 0.6) is 0 Å². The average molecular weight is 419 g/mol. The Hall–Kier alpha value is -2.16. The van der Waals surface area contributed by atoms with Crippen molar-refractivity contribution in [3.8, 4) is 0 Å². The maximum atomic E-state index is 13.3. The van der Waals surface area contributed by atoms with Gasteiger partial charge in [0.05, 0.1) is 10.6 Å². The van der Waals surface area contributed by atoms with Crippen molar-refractivity contribution in [2.24, 2.45) is 5.10 Å². The molecule has 0 bridgehead atoms. The molecule has 0 saturated carbocycles. The molecule has 9 heteroatoms. The summed E-state index contributed by atoms with van der Waals surface area (Å²) in [5.41, 5.74) is 1.13. The molecule has 0 saturated heterocycles. The highest BCUT2D eigenvalue weighted by molar-refractivity contribution is 8.14. The number of rotatable bonds is 4. The lowest BCUT2D eigenvalue weighted by atomic mass is 10.1. The highest BCUT2D eigenvalue weighted by Crippen LogP contribution is 2.36. The third kappa shape index (κ3) is 3.28. The number of hydrogen-bond acceptors (Lipinski definition) is 6. The van der Waals surface area contributed by atoms with Crippen LogP contribution in [0.25, 0.3) is 0 Å². The minimum Gasteiger partial charge on any atom is -0.222 e. The molecule has 0 fully saturated rings. The fourth-order valence-electron chi connectivity index (χ4n) is 2.76. The Morgan fingerprint density at radius 3 is 2.44 bits per heavy atom. The van der Waals surface area contributed by atoms with E-state index in [9.17, 15) is 8.42 Å². The van der Waals surface area contributed by atoms with Crippen LogP contribution in [0.15, 0.2) is 69.8 Å². The van der Waals surface area contributed by atoms with E-state index in [1.165, 1.54) is 0 Å². The van der Waals surface area contributed by atoms with Crippen molar-refractivity contribution in [3.05, 3.63) is 71.0 Å². The number of benzene rings is 2. The normalized spacial score (nSPS) is 16.7. The molecular weight excluding hydrogens is 404 g/mol. The molecule has 2 aromatic carbocycles. The molecule has 1 aliphatic heterocycles. The number of fused-ring (bicyclic) bond motifs is 1. The van der Waals surface area contributed by atoms with Gasteiger partial charge in [0, 0.05) is 17.0 Å². The van der Waals surface area contributed by atoms with E-state index in [4.69, 9.17) is 11.6 Å². The summed E-state index contributed by atoms with van der Waals surface area (Å²) in [5, 5.41) is 13.9. The predicted octanol–water partition coefficient (Wildman–Crippen LogP) is 3.65. The summed E-state index contributed by atoms with van der Waals surface area (Å²) in [6.45, 7) is 1.95. The largest absolute Gasteiger partial charge is 0.222 e. The van der Waals surface area contributed by atoms with Gasteiger partial charge in [0.1, 0.15) is 0 Å². The molecular formula is C18H15ClN4O2S2. The number of hydrogen-bond donors (Lipinski definition) is 0. The van der Waals surface area contributed by atoms with Crippen molar-refractivity contribution >= 4 is 38.9 Å². The third-order valence-corrected chi connectivity index (χ3v) is 8.05. The number of aryl methyl sites for hydroxylation is 1. The van der Waals surface area contributed by atoms with Crippen molar-refractivity contribution in [3.63, 3.8) is 0 Å². The Labute approximate surface area is 166 Å². The smallest absolute Gasteiger partial charge is 0.213 e. The van der Waals surface area contributed by atoms with Crippen LogP contribution in [0, 0.1) is 0 Å². The zero-order chi connectivity index (χ0) is 19.0. The molecule has 0 spiro atoms. The van der Waals surface area contributed by atoms with Gasteiger partial charge in [0.25, 0.3) is 0 Å². The Morgan fingerprint density at radius 2 is 1.78 bits per heavy atom. The van der Waals surface area contributed by atoms with Crippen molar-refractivity contribution in [2.75, 3.05) is 0 Å². The van der Waals surface area contributed by atoms with Crippen LogP contribution in [-0.2, 0) is 16.3 Å². The molecule has 4 rings (SSSR count). The summed E-state index contributed by atoms with van der Waals surface area (Å²) in [7, 11) is -3.69. The van der Waals surface area contributed by atoms with Gasteiger partial charge in [0.15, 0.2) is 20.2 Å². The fraction of sp³-hybridized carbons (Fsp3) is 0.167. The minimum absolute atomic E-state index is 0.243. The Morgan fingerprint density at radius 1 is 1.07 bits per heavy atom. The van der Waals surface area contributed by atoms with E-state index in [2.05, 4.69) is 15.3 Å². The van der Waals surface area contributed by atoms with E-state index >= 15 is 0 Å². The summed E-state index contributed by atoms with van der Waals surface area (Å²) in [5.74, 6) is 0.680. The molecule has 27 heavy (non-hydrogen) atoms. The second-order valence-corrected chi connectivity index (χ2v) is 9.70. The van der Waals surface area contributed by atoms with Crippen molar-refractivity contribution < 1.29 is 8.42 Å². The first-order chi connectivity index (χ1) is 13.0. The van der Waals surface area contributed by atoms with Gasteiger partial charge >= 0.3 is 0 Å². The van der Waals surface area contributed by atoms with Crippen molar-refractivity contribution in [2.45, 2.75) is 28.0 Å². The van der Waals surface area contributed by atoms with Gasteiger partial charge < -0.3 is 0 Å². The molecule has 2 heterocycles. The van der Waals surface area contributed by atoms with E-state index in [-0.39, 0.29) is 4.90 Å². The number of sulfone groups is 1. The van der Waals surface area contributed by atoms with Crippen LogP contribution in [0.1, 0.15) is 18.3 Å². The van der Waals surface area contributed by atoms with Gasteiger partial charge in [-0.15, -0.1) is 10.2 Å². The topological polar surface area (TPSA) is 77.2 Å². The molecule has 0 aliphatic carbocycles. The van der Waals surface area contributed by atoms with Gasteiger partial charge in [-0.1, -0.05) is 60.6 Å². The summed E-state index contributed by atoms with van der Waals surface area (Å²) in [6, 6.07) is 15.4. The summed E-state index contributed by atoms with van der Waals surface area (Å²) >= 11 is 7.14. The summed E-state index contributed by atoms with van der Waals surface area (Å²) in [6.07, 6.45) is 0.640. The lowest BCUT2D eigenvalue weighted by Crippen LogP contribution is -2.32. The van der Waals surface area contributed by atoms with Gasteiger partial charge in [-0.25, -0.2) is 8.42 Å². The van der Waals surface area contributed by atoms with E-state index in [0.717, 1.165) is 11.8 Å². The molecule has 0 amide bonds. The van der Waals surface area contributed by atoms with E-state index in [0.29, 0.717) is 33.7 Å². The van der Waals surface area contributed by atoms with E-state index in [1.807, 2.05) is 6.92 Å². The summed E-state index contributed by atoms with van der Waals surface area (Å²) in [4.78, 5) is 0.243. The maximum Gasteiger partial charge on any atom is 0.213 e. The molecule has 3 aromatic rings. The van der Waals surface area contributed by atoms with Crippen LogP contribution in [0.3, 0.4) is 0 Å². The Bertz CT molecular complexity index is 1110. The number of nitrogens with zero attached hydrogens (tertiary/aromatic N) is 4. The van der Waals surface area contributed by atoms with Crippen molar-refractivity contribution in [1.82, 2.24) is 14.9 Å². The SMILES string of the molecule is CCc1nnc2n1N=C(c1ccc(Cl)cc1)C(S(=O)(=O)c1ccccc1)S2. The lowest BCUT2D eigenvalue weighted by Gasteiger charge is -2.23. The Kier molecular flexibility index (Phi) is 4.79. The van der Waals surface area contributed by atoms with E-state index < -0.39 is 14.4 Å². The standard InChI is InChI=1S/C18H15ClN4O2S2/c1-2-15-20-21-18-23(15)22-16(12-8-10-13(19)11-9-12)17(26-18)27(24,25)14-6-4-3-5-7-14/h3-11,17H,2H2,1H3. The summed E-state index contributed by atoms with van der Waals surface area (Å²) < 4.78 is 27.4. The zero-order valence-corrected chi connectivity index (χ0v) is 16.7. The molecule has 1 atom stereocenters. The highest BCUT2D eigenvalue weighted by atomic mass is 35.5. The van der Waals surface area contributed by atoms with Crippen molar-refractivity contribution in [1.29, 1.82) is 0 Å². The maximum absolute atomic E-state index is 13.3. The lowest BCUT2D eigenvalue weighted by molar-refractivity contribution is 0.597. The first-order valence-corrected chi connectivity index (χ1v) is 11.1. The van der Waals surface area contributed by atoms with E-state index in [1.54, 1.807) is 59.3 Å². The van der Waals surface area contributed by atoms with Gasteiger partial charge in [-0.3, -0.25) is 0 Å². The average Bonchev–Trinajstić information content (AvgIpc) is 3.10. The minimum atomic E-state index is -3.69. The highest BCUT2D eigenvalue weighted by Gasteiger charge is 2.38. The number of aromatic nitrogens is 3. The molecule has 0 N–H and O–H groups in total. The molecule has 0 radical (unpaired) electrons. The number of halogens is 1. The van der Waals surface area contributed by atoms with Gasteiger partial charge in [-0.2, -0.15) is 9.78 Å². The van der Waals surface area contributed by atoms with Crippen LogP contribution < -0.4 is 0 Å². The van der Waals surface area contributed by atoms with Crippen LogP contribution in [0.4, 0.5) is 0 Å². The van der Waals surface area contributed by atoms with Gasteiger partial charge in [-0.05, 0) is 24.3 Å². The third-order valence-electron chi connectivity index (χ3n) is 4.13. The molecule has 1 aliphatic rings. The molecule has 1 aromatic heterocycles. The monoisotopic (exact) mass is 418 g/mol. The van der Waals surface area contributed by atoms with Gasteiger partial charge in [0.2, 0.25) is 5.16 Å². The zero-order valence-electron chi connectivity index (χ0n) is 14.3. The van der Waals surface area contributed by atoms with Crippen LogP contribution in [0.2, 0.25) is 5.02 Å². The van der Waals surface area contributed by atoms with Crippen LogP contribution >= 0.6 is 23.4 Å². The predicted molar refractivity (Wildman–Crippen MR) is 106 cm³/mol. The fourth-order valence-corrected chi connectivity index (χ4v) is 6.06. The second-order valence-electron chi connectivity index (χ2n) is 5.86. The first kappa shape index (κ1) is 18.2. The molecule has 1 unspecified atom stereocenters. The molecule has 6 nitrogen and oxygen atoms in total. The quantitative estimate of drug-likeness (QED) is 0.646. The first-order valence-electron chi connectivity index (χ1n) is 8.25. The second kappa shape index (κ2) is 7.10. The molecule has 138 valence electrons. The van der Waals surface area contributed by atoms with Crippen LogP contribution in [-0.4, -0.2) is 33.6 Å². The Balaban J connectivity index is 1.89.